The van der Waals surface area contributed by atoms with Gasteiger partial charge in [0, 0.05) is 19.2 Å². The third-order valence-electron chi connectivity index (χ3n) is 2.57. The molecule has 16 heavy (non-hydrogen) atoms. The topological polar surface area (TPSA) is 79.6 Å². The number of nitrogens with one attached hydrogen (secondary N) is 1. The van der Waals surface area contributed by atoms with Crippen LogP contribution in [0.1, 0.15) is 30.1 Å². The van der Waals surface area contributed by atoms with Crippen molar-refractivity contribution in [2.75, 3.05) is 0 Å². The largest absolute Gasteiger partial charge is 0.386 e. The molecule has 0 aliphatic rings. The van der Waals surface area contributed by atoms with Gasteiger partial charge in [0.15, 0.2) is 0 Å². The molecule has 0 saturated heterocycles. The van der Waals surface area contributed by atoms with Crippen molar-refractivity contribution in [1.29, 1.82) is 0 Å². The van der Waals surface area contributed by atoms with Gasteiger partial charge in [0.1, 0.15) is 11.8 Å². The van der Waals surface area contributed by atoms with Crippen molar-refractivity contribution < 1.29 is 5.11 Å². The van der Waals surface area contributed by atoms with Gasteiger partial charge in [-0.1, -0.05) is 6.92 Å². The van der Waals surface area contributed by atoms with E-state index < -0.39 is 6.10 Å². The molecular weight excluding hydrogens is 206 g/mol. The Morgan fingerprint density at radius 2 is 2.38 bits per heavy atom. The van der Waals surface area contributed by atoms with Crippen LogP contribution >= 0.6 is 0 Å². The Labute approximate surface area is 93.3 Å². The maximum Gasteiger partial charge on any atom is 0.111 e. The van der Waals surface area contributed by atoms with Crippen molar-refractivity contribution in [2.45, 2.75) is 25.9 Å². The minimum atomic E-state index is -0.640. The Balaban J connectivity index is 2.11. The van der Waals surface area contributed by atoms with Gasteiger partial charge in [0.25, 0.3) is 0 Å². The standard InChI is InChI=1S/C10H15N5O/c1-3-7-4-8(15(2)13-7)5-10(16)9-6-11-14-12-9/h4,6,10,16H,3,5H2,1-2H3,(H,11,12,14). The maximum atomic E-state index is 9.91. The molecule has 0 bridgehead atoms. The summed E-state index contributed by atoms with van der Waals surface area (Å²) in [5.74, 6) is 0. The highest BCUT2D eigenvalue weighted by atomic mass is 16.3. The zero-order chi connectivity index (χ0) is 11.5. The van der Waals surface area contributed by atoms with Gasteiger partial charge in [0.05, 0.1) is 11.9 Å². The number of aromatic amines is 1. The predicted octanol–water partition coefficient (Wildman–Crippen LogP) is 0.377. The van der Waals surface area contributed by atoms with Gasteiger partial charge in [-0.3, -0.25) is 4.68 Å². The van der Waals surface area contributed by atoms with E-state index >= 15 is 0 Å². The molecule has 0 aromatic carbocycles. The molecule has 0 aliphatic heterocycles. The molecule has 0 fully saturated rings. The first-order valence-electron chi connectivity index (χ1n) is 5.26. The fraction of sp³-hybridized carbons (Fsp3) is 0.500. The van der Waals surface area contributed by atoms with E-state index in [1.807, 2.05) is 13.1 Å². The number of rotatable bonds is 4. The molecule has 6 heteroatoms. The molecule has 1 unspecified atom stereocenters. The Morgan fingerprint density at radius 3 is 2.94 bits per heavy atom. The van der Waals surface area contributed by atoms with Gasteiger partial charge in [-0.15, -0.1) is 0 Å². The summed E-state index contributed by atoms with van der Waals surface area (Å²) in [7, 11) is 1.88. The summed E-state index contributed by atoms with van der Waals surface area (Å²) in [5, 5.41) is 24.2. The lowest BCUT2D eigenvalue weighted by molar-refractivity contribution is 0.171. The minimum Gasteiger partial charge on any atom is -0.386 e. The van der Waals surface area contributed by atoms with E-state index in [1.54, 1.807) is 4.68 Å². The second-order valence-electron chi connectivity index (χ2n) is 3.72. The quantitative estimate of drug-likeness (QED) is 0.782. The van der Waals surface area contributed by atoms with Crippen LogP contribution in [0.25, 0.3) is 0 Å². The summed E-state index contributed by atoms with van der Waals surface area (Å²) in [4.78, 5) is 0. The van der Waals surface area contributed by atoms with Crippen molar-refractivity contribution in [3.8, 4) is 0 Å². The molecule has 2 rings (SSSR count). The molecule has 0 radical (unpaired) electrons. The van der Waals surface area contributed by atoms with Crippen LogP contribution in [0, 0.1) is 0 Å². The third kappa shape index (κ3) is 2.11. The van der Waals surface area contributed by atoms with Gasteiger partial charge in [-0.25, -0.2) is 0 Å². The highest BCUT2D eigenvalue weighted by molar-refractivity contribution is 5.13. The first kappa shape index (κ1) is 10.8. The van der Waals surface area contributed by atoms with E-state index in [-0.39, 0.29) is 0 Å². The first-order chi connectivity index (χ1) is 7.70. The summed E-state index contributed by atoms with van der Waals surface area (Å²) in [6, 6.07) is 2.00. The molecule has 6 nitrogen and oxygen atoms in total. The third-order valence-corrected chi connectivity index (χ3v) is 2.57. The van der Waals surface area contributed by atoms with Crippen molar-refractivity contribution in [2.24, 2.45) is 7.05 Å². The maximum absolute atomic E-state index is 9.91. The lowest BCUT2D eigenvalue weighted by atomic mass is 10.1. The fourth-order valence-electron chi connectivity index (χ4n) is 1.61. The predicted molar refractivity (Wildman–Crippen MR) is 57.6 cm³/mol. The van der Waals surface area contributed by atoms with Crippen LogP contribution in [0.2, 0.25) is 0 Å². The molecule has 2 aromatic rings. The Kier molecular flexibility index (Phi) is 3.00. The average molecular weight is 221 g/mol. The Morgan fingerprint density at radius 1 is 1.56 bits per heavy atom. The van der Waals surface area contributed by atoms with Gasteiger partial charge in [-0.2, -0.15) is 20.5 Å². The SMILES string of the molecule is CCc1cc(CC(O)c2cn[nH]n2)n(C)n1. The van der Waals surface area contributed by atoms with Crippen molar-refractivity contribution in [1.82, 2.24) is 25.2 Å². The Hall–Kier alpha value is -1.69. The van der Waals surface area contributed by atoms with Crippen LogP contribution in [0.5, 0.6) is 0 Å². The molecule has 2 aromatic heterocycles. The monoisotopic (exact) mass is 221 g/mol. The first-order valence-corrected chi connectivity index (χ1v) is 5.26. The van der Waals surface area contributed by atoms with Gasteiger partial charge >= 0.3 is 0 Å². The number of aliphatic hydroxyl groups is 1. The number of H-pyrrole nitrogens is 1. The molecule has 0 spiro atoms. The normalized spacial score (nSPS) is 12.9. The smallest absolute Gasteiger partial charge is 0.111 e. The Bertz CT molecular complexity index is 448. The van der Waals surface area contributed by atoms with Crippen LogP contribution in [-0.2, 0) is 19.9 Å². The van der Waals surface area contributed by atoms with Gasteiger partial charge in [-0.05, 0) is 12.5 Å². The number of nitrogens with zero attached hydrogens (tertiary/aromatic N) is 4. The van der Waals surface area contributed by atoms with E-state index in [0.717, 1.165) is 17.8 Å². The molecule has 2 heterocycles. The zero-order valence-electron chi connectivity index (χ0n) is 9.38. The van der Waals surface area contributed by atoms with Crippen LogP contribution in [0.3, 0.4) is 0 Å². The summed E-state index contributed by atoms with van der Waals surface area (Å²) < 4.78 is 1.79. The van der Waals surface area contributed by atoms with Crippen molar-refractivity contribution in [3.05, 3.63) is 29.3 Å². The molecule has 0 saturated carbocycles. The highest BCUT2D eigenvalue weighted by Crippen LogP contribution is 2.15. The molecule has 1 atom stereocenters. The molecular formula is C10H15N5O. The van der Waals surface area contributed by atoms with E-state index in [2.05, 4.69) is 27.4 Å². The second-order valence-corrected chi connectivity index (χ2v) is 3.72. The van der Waals surface area contributed by atoms with Crippen molar-refractivity contribution in [3.63, 3.8) is 0 Å². The van der Waals surface area contributed by atoms with E-state index in [9.17, 15) is 5.11 Å². The lowest BCUT2D eigenvalue weighted by Gasteiger charge is -2.06. The molecule has 0 aliphatic carbocycles. The van der Waals surface area contributed by atoms with E-state index in [1.165, 1.54) is 6.20 Å². The van der Waals surface area contributed by atoms with Crippen LogP contribution in [0.15, 0.2) is 12.3 Å². The summed E-state index contributed by atoms with van der Waals surface area (Å²) >= 11 is 0. The summed E-state index contributed by atoms with van der Waals surface area (Å²) in [5.41, 5.74) is 2.58. The molecule has 0 amide bonds. The molecule has 2 N–H and O–H groups in total. The van der Waals surface area contributed by atoms with E-state index in [0.29, 0.717) is 12.1 Å². The fourth-order valence-corrected chi connectivity index (χ4v) is 1.61. The lowest BCUT2D eigenvalue weighted by Crippen LogP contribution is -2.06. The van der Waals surface area contributed by atoms with Crippen LogP contribution in [-0.4, -0.2) is 30.3 Å². The second kappa shape index (κ2) is 4.44. The number of aromatic nitrogens is 5. The minimum absolute atomic E-state index is 0.496. The van der Waals surface area contributed by atoms with Gasteiger partial charge in [0.2, 0.25) is 0 Å². The van der Waals surface area contributed by atoms with E-state index in [4.69, 9.17) is 0 Å². The van der Waals surface area contributed by atoms with Crippen molar-refractivity contribution >= 4 is 0 Å². The summed E-state index contributed by atoms with van der Waals surface area (Å²) in [6.07, 6.45) is 2.28. The van der Waals surface area contributed by atoms with Crippen LogP contribution in [0.4, 0.5) is 0 Å². The summed E-state index contributed by atoms with van der Waals surface area (Å²) in [6.45, 7) is 2.06. The number of hydrogen-bond acceptors (Lipinski definition) is 4. The highest BCUT2D eigenvalue weighted by Gasteiger charge is 2.14. The number of hydrogen-bond donors (Lipinski definition) is 2. The average Bonchev–Trinajstić information content (AvgIpc) is 2.88. The molecule has 86 valence electrons. The zero-order valence-corrected chi connectivity index (χ0v) is 9.38. The van der Waals surface area contributed by atoms with Gasteiger partial charge < -0.3 is 5.11 Å². The number of aliphatic hydroxyl groups excluding tert-OH is 1. The number of aryl methyl sites for hydroxylation is 2. The van der Waals surface area contributed by atoms with Crippen LogP contribution < -0.4 is 0 Å².